The van der Waals surface area contributed by atoms with Gasteiger partial charge >= 0.3 is 0 Å². The van der Waals surface area contributed by atoms with Gasteiger partial charge in [-0.3, -0.25) is 4.55 Å². The van der Waals surface area contributed by atoms with E-state index in [-0.39, 0.29) is 0 Å². The normalized spacial score (nSPS) is 23.9. The van der Waals surface area contributed by atoms with Gasteiger partial charge in [-0.25, -0.2) is 52.7 Å². The van der Waals surface area contributed by atoms with Crippen molar-refractivity contribution >= 4 is 10.1 Å². The van der Waals surface area contributed by atoms with Crippen LogP contribution in [0.3, 0.4) is 0 Å². The molecule has 170 valence electrons. The Hall–Kier alpha value is -0.930. The van der Waals surface area contributed by atoms with E-state index in [9.17, 15) is 61.1 Å². The van der Waals surface area contributed by atoms with Crippen LogP contribution in [0.4, 0.5) is 52.7 Å². The fraction of sp³-hybridized carbons (Fsp3) is 1.00. The van der Waals surface area contributed by atoms with Gasteiger partial charge in [-0.2, -0.15) is 8.42 Å². The van der Waals surface area contributed by atoms with Crippen LogP contribution in [0, 0.1) is 0 Å². The van der Waals surface area contributed by atoms with E-state index in [1.807, 2.05) is 0 Å². The van der Waals surface area contributed by atoms with Gasteiger partial charge in [0.05, 0.1) is 0 Å². The summed E-state index contributed by atoms with van der Waals surface area (Å²) >= 11 is 0. The average molecular weight is 466 g/mol. The zero-order valence-electron chi connectivity index (χ0n) is 13.3. The highest BCUT2D eigenvalue weighted by atomic mass is 32.2. The summed E-state index contributed by atoms with van der Waals surface area (Å²) in [6.07, 6.45) is -44.1. The van der Waals surface area contributed by atoms with Gasteiger partial charge < -0.3 is 0 Å². The maximum absolute atomic E-state index is 13.4. The first-order valence-corrected chi connectivity index (χ1v) is 8.77. The molecule has 16 heteroatoms. The van der Waals surface area contributed by atoms with Crippen molar-refractivity contribution in [3.8, 4) is 0 Å². The van der Waals surface area contributed by atoms with Crippen molar-refractivity contribution in [1.82, 2.24) is 0 Å². The molecule has 1 N–H and O–H groups in total. The van der Waals surface area contributed by atoms with E-state index >= 15 is 0 Å². The van der Waals surface area contributed by atoms with Gasteiger partial charge in [0.15, 0.2) is 61.7 Å². The summed E-state index contributed by atoms with van der Waals surface area (Å²) in [5, 5.41) is 0. The van der Waals surface area contributed by atoms with Crippen LogP contribution < -0.4 is 0 Å². The zero-order valence-corrected chi connectivity index (χ0v) is 14.1. The van der Waals surface area contributed by atoms with E-state index in [4.69, 9.17) is 4.55 Å². The first-order valence-electron chi connectivity index (χ1n) is 7.16. The van der Waals surface area contributed by atoms with Crippen molar-refractivity contribution in [2.45, 2.75) is 68.1 Å². The molecule has 0 saturated heterocycles. The average Bonchev–Trinajstić information content (AvgIpc) is 2.60. The molecule has 0 aliphatic carbocycles. The number of halogens is 12. The Labute approximate surface area is 150 Å². The third-order valence-electron chi connectivity index (χ3n) is 3.39. The molecule has 0 heterocycles. The molecule has 0 aliphatic rings. The van der Waals surface area contributed by atoms with Crippen LogP contribution in [0.15, 0.2) is 0 Å². The molecule has 28 heavy (non-hydrogen) atoms. The van der Waals surface area contributed by atoms with Crippen LogP contribution in [0.2, 0.25) is 0 Å². The summed E-state index contributed by atoms with van der Waals surface area (Å²) in [7, 11) is -5.23. The van der Waals surface area contributed by atoms with Crippen molar-refractivity contribution in [2.24, 2.45) is 0 Å². The van der Waals surface area contributed by atoms with E-state index in [0.717, 1.165) is 0 Å². The molecule has 3 nitrogen and oxygen atoms in total. The summed E-state index contributed by atoms with van der Waals surface area (Å²) in [4.78, 5) is 0. The molecular formula is C12H14F12O3S. The Bertz CT molecular complexity index is 566. The molecule has 10 atom stereocenters. The molecule has 0 saturated carbocycles. The van der Waals surface area contributed by atoms with Crippen LogP contribution >= 0.6 is 0 Å². The predicted molar refractivity (Wildman–Crippen MR) is 71.4 cm³/mol. The largest absolute Gasteiger partial charge is 0.285 e. The highest BCUT2D eigenvalue weighted by Gasteiger charge is 2.50. The molecule has 10 unspecified atom stereocenters. The first-order chi connectivity index (χ1) is 12.5. The molecule has 0 radical (unpaired) electrons. The molecule has 0 aromatic rings. The van der Waals surface area contributed by atoms with Crippen LogP contribution in [0.25, 0.3) is 0 Å². The van der Waals surface area contributed by atoms with Gasteiger partial charge in [-0.1, -0.05) is 0 Å². The molecule has 0 aliphatic heterocycles. The highest BCUT2D eigenvalue weighted by Crippen LogP contribution is 2.30. The fourth-order valence-corrected chi connectivity index (χ4v) is 2.45. The van der Waals surface area contributed by atoms with Gasteiger partial charge in [0.1, 0.15) is 5.75 Å². The monoisotopic (exact) mass is 466 g/mol. The fourth-order valence-electron chi connectivity index (χ4n) is 1.86. The lowest BCUT2D eigenvalue weighted by molar-refractivity contribution is -0.0758. The summed E-state index contributed by atoms with van der Waals surface area (Å²) in [6, 6.07) is 0. The minimum atomic E-state index is -5.23. The zero-order chi connectivity index (χ0) is 22.6. The predicted octanol–water partition coefficient (Wildman–Crippen LogP) is 3.52. The first kappa shape index (κ1) is 27.1. The minimum absolute atomic E-state index is 2.11. The van der Waals surface area contributed by atoms with Gasteiger partial charge in [-0.15, -0.1) is 0 Å². The van der Waals surface area contributed by atoms with Crippen molar-refractivity contribution in [3.05, 3.63) is 0 Å². The van der Waals surface area contributed by atoms with E-state index in [1.54, 1.807) is 0 Å². The lowest BCUT2D eigenvalue weighted by Gasteiger charge is -2.27. The van der Waals surface area contributed by atoms with Crippen molar-refractivity contribution in [3.63, 3.8) is 0 Å². The second-order valence-electron chi connectivity index (χ2n) is 5.60. The molecule has 0 bridgehead atoms. The van der Waals surface area contributed by atoms with Crippen LogP contribution in [-0.2, 0) is 10.1 Å². The molecule has 0 aromatic carbocycles. The maximum Gasteiger partial charge on any atom is 0.272 e. The van der Waals surface area contributed by atoms with Crippen molar-refractivity contribution in [1.29, 1.82) is 0 Å². The Morgan fingerprint density at radius 3 is 1.00 bits per heavy atom. The SMILES string of the molecule is O=S(=O)(O)CC(F)C(F)C(F)C(F)C(F)C(F)C(F)C(F)C(F)C(F)C(F)F. The van der Waals surface area contributed by atoms with E-state index in [2.05, 4.69) is 0 Å². The lowest BCUT2D eigenvalue weighted by Crippen LogP contribution is -2.50. The van der Waals surface area contributed by atoms with E-state index in [1.165, 1.54) is 0 Å². The maximum atomic E-state index is 13.4. The molecule has 0 amide bonds. The summed E-state index contributed by atoms with van der Waals surface area (Å²) < 4.78 is 184. The van der Waals surface area contributed by atoms with Gasteiger partial charge in [0, 0.05) is 0 Å². The van der Waals surface area contributed by atoms with Crippen LogP contribution in [0.1, 0.15) is 0 Å². The summed E-state index contributed by atoms with van der Waals surface area (Å²) in [6.45, 7) is 0. The molecule has 0 aromatic heterocycles. The van der Waals surface area contributed by atoms with E-state index in [0.29, 0.717) is 0 Å². The Kier molecular flexibility index (Phi) is 10.4. The Morgan fingerprint density at radius 2 is 0.750 bits per heavy atom. The summed E-state index contributed by atoms with van der Waals surface area (Å²) in [5.41, 5.74) is 0. The Morgan fingerprint density at radius 1 is 0.500 bits per heavy atom. The number of rotatable bonds is 12. The Balaban J connectivity index is 5.10. The second-order valence-corrected chi connectivity index (χ2v) is 7.10. The molecule has 0 rings (SSSR count). The van der Waals surface area contributed by atoms with Gasteiger partial charge in [0.2, 0.25) is 0 Å². The molecule has 0 spiro atoms. The van der Waals surface area contributed by atoms with Gasteiger partial charge in [-0.05, 0) is 0 Å². The summed E-state index contributed by atoms with van der Waals surface area (Å²) in [5.74, 6) is -2.11. The van der Waals surface area contributed by atoms with Crippen LogP contribution in [0.5, 0.6) is 0 Å². The number of alkyl halides is 12. The van der Waals surface area contributed by atoms with Crippen LogP contribution in [-0.4, -0.2) is 86.9 Å². The van der Waals surface area contributed by atoms with Crippen molar-refractivity contribution < 1.29 is 65.7 Å². The smallest absolute Gasteiger partial charge is 0.272 e. The third kappa shape index (κ3) is 7.48. The quantitative estimate of drug-likeness (QED) is 0.354. The topological polar surface area (TPSA) is 54.4 Å². The number of hydrogen-bond donors (Lipinski definition) is 1. The van der Waals surface area contributed by atoms with Gasteiger partial charge in [0.25, 0.3) is 16.5 Å². The second kappa shape index (κ2) is 10.7. The minimum Gasteiger partial charge on any atom is -0.285 e. The highest BCUT2D eigenvalue weighted by molar-refractivity contribution is 7.85. The standard InChI is InChI=1S/C12H14F12O3S/c13-2(1-28(25,26)27)3(14)4(15)5(16)6(17)7(18)8(19)9(20)10(21)11(22)12(23)24/h2-12H,1H2,(H,25,26,27). The molecule has 0 fully saturated rings. The molecular weight excluding hydrogens is 452 g/mol. The third-order valence-corrected chi connectivity index (χ3v) is 4.13. The number of hydrogen-bond acceptors (Lipinski definition) is 2. The van der Waals surface area contributed by atoms with Crippen molar-refractivity contribution in [2.75, 3.05) is 5.75 Å². The van der Waals surface area contributed by atoms with E-state index < -0.39 is 84.0 Å². The lowest BCUT2D eigenvalue weighted by atomic mass is 9.96.